The second-order valence-corrected chi connectivity index (χ2v) is 6.90. The molecule has 0 aliphatic carbocycles. The van der Waals surface area contributed by atoms with Crippen LogP contribution in [-0.4, -0.2) is 54.8 Å². The maximum atomic E-state index is 12.8. The molecule has 2 atom stereocenters. The van der Waals surface area contributed by atoms with Crippen LogP contribution in [0.1, 0.15) is 36.5 Å². The number of fused-ring (bicyclic) bond motifs is 1. The smallest absolute Gasteiger partial charge is 0.311 e. The average Bonchev–Trinajstić information content (AvgIpc) is 3.03. The van der Waals surface area contributed by atoms with E-state index in [1.807, 2.05) is 0 Å². The van der Waals surface area contributed by atoms with Gasteiger partial charge >= 0.3 is 5.97 Å². The van der Waals surface area contributed by atoms with Gasteiger partial charge < -0.3 is 19.5 Å². The molecule has 1 amide bonds. The fourth-order valence-corrected chi connectivity index (χ4v) is 3.66. The topological polar surface area (TPSA) is 76.1 Å². The molecule has 0 aromatic heterocycles. The van der Waals surface area contributed by atoms with E-state index >= 15 is 0 Å². The van der Waals surface area contributed by atoms with Gasteiger partial charge in [0.15, 0.2) is 0 Å². The maximum Gasteiger partial charge on any atom is 0.311 e. The van der Waals surface area contributed by atoms with E-state index in [1.165, 1.54) is 0 Å². The van der Waals surface area contributed by atoms with Gasteiger partial charge in [-0.25, -0.2) is 0 Å². The van der Waals surface area contributed by atoms with E-state index in [0.29, 0.717) is 38.3 Å². The molecule has 0 radical (unpaired) electrons. The number of aliphatic carboxylic acids is 1. The molecule has 0 spiro atoms. The second-order valence-electron chi connectivity index (χ2n) is 6.90. The van der Waals surface area contributed by atoms with Crippen molar-refractivity contribution >= 4 is 11.9 Å². The molecule has 25 heavy (non-hydrogen) atoms. The zero-order valence-electron chi connectivity index (χ0n) is 14.6. The van der Waals surface area contributed by atoms with Crippen LogP contribution in [-0.2, 0) is 9.53 Å². The molecule has 1 aromatic carbocycles. The van der Waals surface area contributed by atoms with Crippen LogP contribution in [0.15, 0.2) is 24.3 Å². The number of rotatable bonds is 6. The summed E-state index contributed by atoms with van der Waals surface area (Å²) in [7, 11) is 0. The van der Waals surface area contributed by atoms with Gasteiger partial charge in [0, 0.05) is 31.2 Å². The number of carbonyl (C=O) groups excluding carboxylic acids is 1. The number of ether oxygens (including phenoxy) is 2. The van der Waals surface area contributed by atoms with Gasteiger partial charge in [-0.3, -0.25) is 9.59 Å². The highest BCUT2D eigenvalue weighted by Gasteiger charge is 2.54. The van der Waals surface area contributed by atoms with Crippen molar-refractivity contribution < 1.29 is 24.2 Å². The fourth-order valence-electron chi connectivity index (χ4n) is 3.66. The van der Waals surface area contributed by atoms with Crippen molar-refractivity contribution in [1.29, 1.82) is 0 Å². The number of hydrogen-bond donors (Lipinski definition) is 1. The molecular weight excluding hydrogens is 322 g/mol. The van der Waals surface area contributed by atoms with Crippen LogP contribution >= 0.6 is 0 Å². The Morgan fingerprint density at radius 2 is 2.12 bits per heavy atom. The van der Waals surface area contributed by atoms with Crippen molar-refractivity contribution in [2.75, 3.05) is 32.9 Å². The number of nitrogens with zero attached hydrogens (tertiary/aromatic N) is 1. The Balaban J connectivity index is 1.68. The first kappa shape index (κ1) is 17.7. The summed E-state index contributed by atoms with van der Waals surface area (Å²) in [5, 5.41) is 9.70. The Kier molecular flexibility index (Phi) is 5.27. The maximum absolute atomic E-state index is 12.8. The Bertz CT molecular complexity index is 629. The van der Waals surface area contributed by atoms with Gasteiger partial charge in [0.05, 0.1) is 18.6 Å². The molecule has 6 nitrogen and oxygen atoms in total. The largest absolute Gasteiger partial charge is 0.494 e. The average molecular weight is 347 g/mol. The SMILES string of the molecule is CCCCOc1ccc(C(=O)N2C[C@H]3COCC[C@@]3(C(=O)O)C2)cc1. The van der Waals surface area contributed by atoms with Crippen molar-refractivity contribution in [2.45, 2.75) is 26.2 Å². The van der Waals surface area contributed by atoms with Crippen molar-refractivity contribution in [2.24, 2.45) is 11.3 Å². The lowest BCUT2D eigenvalue weighted by atomic mass is 9.74. The number of hydrogen-bond acceptors (Lipinski definition) is 4. The first-order valence-electron chi connectivity index (χ1n) is 8.90. The van der Waals surface area contributed by atoms with Gasteiger partial charge in [-0.2, -0.15) is 0 Å². The Hall–Kier alpha value is -2.08. The van der Waals surface area contributed by atoms with E-state index in [2.05, 4.69) is 6.92 Å². The minimum atomic E-state index is -0.864. The first-order valence-corrected chi connectivity index (χ1v) is 8.90. The summed E-state index contributed by atoms with van der Waals surface area (Å²) >= 11 is 0. The van der Waals surface area contributed by atoms with E-state index in [1.54, 1.807) is 29.2 Å². The summed E-state index contributed by atoms with van der Waals surface area (Å²) in [5.74, 6) is -0.347. The third-order valence-electron chi connectivity index (χ3n) is 5.29. The van der Waals surface area contributed by atoms with E-state index in [-0.39, 0.29) is 18.4 Å². The van der Waals surface area contributed by atoms with Gasteiger partial charge in [-0.15, -0.1) is 0 Å². The zero-order chi connectivity index (χ0) is 17.9. The van der Waals surface area contributed by atoms with Gasteiger partial charge in [-0.1, -0.05) is 13.3 Å². The molecule has 1 aromatic rings. The first-order chi connectivity index (χ1) is 12.1. The van der Waals surface area contributed by atoms with Crippen molar-refractivity contribution in [3.8, 4) is 5.75 Å². The van der Waals surface area contributed by atoms with Crippen LogP contribution < -0.4 is 4.74 Å². The molecule has 2 saturated heterocycles. The quantitative estimate of drug-likeness (QED) is 0.800. The summed E-state index contributed by atoms with van der Waals surface area (Å²) in [5.41, 5.74) is -0.306. The highest BCUT2D eigenvalue weighted by Crippen LogP contribution is 2.42. The third kappa shape index (κ3) is 3.49. The van der Waals surface area contributed by atoms with Crippen molar-refractivity contribution in [3.63, 3.8) is 0 Å². The summed E-state index contributed by atoms with van der Waals surface area (Å²) < 4.78 is 11.0. The second kappa shape index (κ2) is 7.44. The Morgan fingerprint density at radius 1 is 1.36 bits per heavy atom. The zero-order valence-corrected chi connectivity index (χ0v) is 14.6. The molecule has 3 rings (SSSR count). The Morgan fingerprint density at radius 3 is 2.76 bits per heavy atom. The number of carbonyl (C=O) groups is 2. The standard InChI is InChI=1S/C19H25NO5/c1-2-3-9-25-16-6-4-14(5-7-16)17(21)20-11-15-12-24-10-8-19(15,13-20)18(22)23/h4-7,15H,2-3,8-13H2,1H3,(H,22,23)/t15-,19+/m0/s1. The fraction of sp³-hybridized carbons (Fsp3) is 0.579. The van der Waals surface area contributed by atoms with E-state index in [4.69, 9.17) is 9.47 Å². The van der Waals surface area contributed by atoms with E-state index in [9.17, 15) is 14.7 Å². The van der Waals surface area contributed by atoms with Crippen LogP contribution in [0.5, 0.6) is 5.75 Å². The number of unbranched alkanes of at least 4 members (excludes halogenated alkanes) is 1. The molecule has 0 unspecified atom stereocenters. The predicted molar refractivity (Wildman–Crippen MR) is 91.7 cm³/mol. The molecule has 2 fully saturated rings. The van der Waals surface area contributed by atoms with Gasteiger partial charge in [0.2, 0.25) is 0 Å². The highest BCUT2D eigenvalue weighted by atomic mass is 16.5. The highest BCUT2D eigenvalue weighted by molar-refractivity contribution is 5.95. The van der Waals surface area contributed by atoms with Crippen molar-refractivity contribution in [1.82, 2.24) is 4.90 Å². The predicted octanol–water partition coefficient (Wildman–Crippen LogP) is 2.43. The lowest BCUT2D eigenvalue weighted by Crippen LogP contribution is -2.45. The van der Waals surface area contributed by atoms with Crippen LogP contribution in [0.4, 0.5) is 0 Å². The number of carboxylic acid groups (broad SMARTS) is 1. The van der Waals surface area contributed by atoms with Gasteiger partial charge in [0.25, 0.3) is 5.91 Å². The molecule has 136 valence electrons. The lowest BCUT2D eigenvalue weighted by Gasteiger charge is -2.33. The monoisotopic (exact) mass is 347 g/mol. The van der Waals surface area contributed by atoms with Crippen LogP contribution in [0, 0.1) is 11.3 Å². The molecule has 6 heteroatoms. The van der Waals surface area contributed by atoms with Gasteiger partial charge in [-0.05, 0) is 37.1 Å². The molecule has 0 bridgehead atoms. The molecule has 0 saturated carbocycles. The molecular formula is C19H25NO5. The van der Waals surface area contributed by atoms with E-state index in [0.717, 1.165) is 18.6 Å². The van der Waals surface area contributed by atoms with Crippen LogP contribution in [0.2, 0.25) is 0 Å². The van der Waals surface area contributed by atoms with Gasteiger partial charge in [0.1, 0.15) is 5.75 Å². The number of amides is 1. The normalized spacial score (nSPS) is 25.5. The lowest BCUT2D eigenvalue weighted by molar-refractivity contribution is -0.157. The Labute approximate surface area is 147 Å². The molecule has 2 aliphatic rings. The van der Waals surface area contributed by atoms with Crippen LogP contribution in [0.3, 0.4) is 0 Å². The molecule has 2 aliphatic heterocycles. The minimum Gasteiger partial charge on any atom is -0.494 e. The third-order valence-corrected chi connectivity index (χ3v) is 5.29. The summed E-state index contributed by atoms with van der Waals surface area (Å²) in [6, 6.07) is 7.08. The van der Waals surface area contributed by atoms with Crippen LogP contribution in [0.25, 0.3) is 0 Å². The number of carboxylic acids is 1. The molecule has 2 heterocycles. The molecule has 1 N–H and O–H groups in total. The minimum absolute atomic E-state index is 0.130. The number of benzene rings is 1. The van der Waals surface area contributed by atoms with Crippen molar-refractivity contribution in [3.05, 3.63) is 29.8 Å². The summed E-state index contributed by atoms with van der Waals surface area (Å²) in [6.07, 6.45) is 2.53. The van der Waals surface area contributed by atoms with E-state index < -0.39 is 11.4 Å². The summed E-state index contributed by atoms with van der Waals surface area (Å²) in [6.45, 7) is 4.30. The number of likely N-dealkylation sites (tertiary alicyclic amines) is 1. The summed E-state index contributed by atoms with van der Waals surface area (Å²) in [4.78, 5) is 26.3.